The number of benzene rings is 1. The third-order valence-electron chi connectivity index (χ3n) is 3.18. The second-order valence-electron chi connectivity index (χ2n) is 5.72. The molecule has 1 heterocycles. The number of amides is 2. The van der Waals surface area contributed by atoms with Crippen LogP contribution in [0.3, 0.4) is 0 Å². The summed E-state index contributed by atoms with van der Waals surface area (Å²) >= 11 is 0. The molecular formula is C18H24N4O2. The zero-order valence-corrected chi connectivity index (χ0v) is 14.4. The van der Waals surface area contributed by atoms with Crippen molar-refractivity contribution in [3.8, 4) is 11.6 Å². The number of rotatable bonds is 6. The maximum Gasteiger partial charge on any atom is 0.341 e. The highest BCUT2D eigenvalue weighted by molar-refractivity contribution is 5.75. The number of para-hydroxylation sites is 1. The summed E-state index contributed by atoms with van der Waals surface area (Å²) in [6, 6.07) is 11.1. The van der Waals surface area contributed by atoms with Gasteiger partial charge in [0.25, 0.3) is 0 Å². The van der Waals surface area contributed by atoms with Gasteiger partial charge < -0.3 is 10.1 Å². The summed E-state index contributed by atoms with van der Waals surface area (Å²) in [6.07, 6.45) is 3.54. The maximum atomic E-state index is 11.8. The van der Waals surface area contributed by atoms with Gasteiger partial charge in [-0.25, -0.2) is 9.48 Å². The van der Waals surface area contributed by atoms with Crippen LogP contribution in [0.15, 0.2) is 47.6 Å². The molecule has 0 spiro atoms. The van der Waals surface area contributed by atoms with E-state index in [-0.39, 0.29) is 12.1 Å². The predicted octanol–water partition coefficient (Wildman–Crippen LogP) is 3.07. The van der Waals surface area contributed by atoms with Gasteiger partial charge in [-0.15, -0.1) is 0 Å². The monoisotopic (exact) mass is 328 g/mol. The Balaban J connectivity index is 2.35. The van der Waals surface area contributed by atoms with Gasteiger partial charge in [0, 0.05) is 12.1 Å². The lowest BCUT2D eigenvalue weighted by atomic mass is 10.3. The van der Waals surface area contributed by atoms with Gasteiger partial charge >= 0.3 is 6.03 Å². The Morgan fingerprint density at radius 1 is 1.33 bits per heavy atom. The van der Waals surface area contributed by atoms with Crippen LogP contribution >= 0.6 is 0 Å². The van der Waals surface area contributed by atoms with E-state index in [1.807, 2.05) is 44.2 Å². The van der Waals surface area contributed by atoms with Crippen molar-refractivity contribution in [3.05, 3.63) is 48.0 Å². The molecule has 0 bridgehead atoms. The summed E-state index contributed by atoms with van der Waals surface area (Å²) in [4.78, 5) is 15.8. The minimum atomic E-state index is -0.385. The molecule has 6 heteroatoms. The van der Waals surface area contributed by atoms with Crippen molar-refractivity contribution < 1.29 is 9.53 Å². The summed E-state index contributed by atoms with van der Waals surface area (Å²) in [5, 5.41) is 7.57. The number of nitrogens with one attached hydrogen (secondary N) is 1. The van der Waals surface area contributed by atoms with Gasteiger partial charge in [-0.2, -0.15) is 10.1 Å². The summed E-state index contributed by atoms with van der Waals surface area (Å²) in [6.45, 7) is 6.47. The van der Waals surface area contributed by atoms with Gasteiger partial charge in [-0.1, -0.05) is 31.5 Å². The molecule has 2 rings (SSSR count). The fourth-order valence-electron chi connectivity index (χ4n) is 2.04. The first kappa shape index (κ1) is 17.7. The molecule has 0 aliphatic heterocycles. The molecule has 0 unspecified atom stereocenters. The number of hydrogen-bond acceptors (Lipinski definition) is 3. The second kappa shape index (κ2) is 8.86. The smallest absolute Gasteiger partial charge is 0.341 e. The fourth-order valence-corrected chi connectivity index (χ4v) is 2.04. The Hall–Kier alpha value is -2.63. The first-order valence-corrected chi connectivity index (χ1v) is 8.23. The molecule has 2 aromatic rings. The molecule has 1 N–H and O–H groups in total. The molecule has 0 aliphatic carbocycles. The zero-order valence-electron chi connectivity index (χ0n) is 14.4. The highest BCUT2D eigenvalue weighted by Crippen LogP contribution is 2.14. The Labute approximate surface area is 142 Å². The Morgan fingerprint density at radius 2 is 2.08 bits per heavy atom. The summed E-state index contributed by atoms with van der Waals surface area (Å²) in [5.41, 5.74) is 0.891. The number of aromatic nitrogens is 2. The molecule has 1 aromatic heterocycles. The second-order valence-corrected chi connectivity index (χ2v) is 5.72. The Bertz CT molecular complexity index is 723. The van der Waals surface area contributed by atoms with Gasteiger partial charge in [-0.3, -0.25) is 0 Å². The largest absolute Gasteiger partial charge is 0.478 e. The molecule has 1 aromatic carbocycles. The van der Waals surface area contributed by atoms with E-state index in [2.05, 4.69) is 22.3 Å². The van der Waals surface area contributed by atoms with Crippen LogP contribution in [0.4, 0.5) is 4.79 Å². The normalized spacial score (nSPS) is 11.6. The molecule has 6 nitrogen and oxygen atoms in total. The fraction of sp³-hybridized carbons (Fsp3) is 0.389. The van der Waals surface area contributed by atoms with E-state index in [0.717, 1.165) is 18.5 Å². The van der Waals surface area contributed by atoms with Gasteiger partial charge in [0.05, 0.1) is 23.8 Å². The third-order valence-corrected chi connectivity index (χ3v) is 3.18. The van der Waals surface area contributed by atoms with Crippen LogP contribution in [-0.2, 0) is 0 Å². The molecule has 0 atom stereocenters. The van der Waals surface area contributed by atoms with Gasteiger partial charge in [0.1, 0.15) is 0 Å². The summed E-state index contributed by atoms with van der Waals surface area (Å²) in [7, 11) is 0. The van der Waals surface area contributed by atoms with Gasteiger partial charge in [0.2, 0.25) is 5.88 Å². The number of carbonyl (C=O) groups is 1. The molecule has 0 radical (unpaired) electrons. The molecule has 128 valence electrons. The van der Waals surface area contributed by atoms with E-state index < -0.39 is 0 Å². The van der Waals surface area contributed by atoms with Crippen molar-refractivity contribution in [3.63, 3.8) is 0 Å². The highest BCUT2D eigenvalue weighted by atomic mass is 16.5. The molecule has 2 amide bonds. The van der Waals surface area contributed by atoms with Crippen molar-refractivity contribution in [2.75, 3.05) is 6.61 Å². The lowest BCUT2D eigenvalue weighted by Gasteiger charge is -2.13. The molecule has 0 saturated heterocycles. The lowest BCUT2D eigenvalue weighted by molar-refractivity contribution is 0.246. The molecule has 0 fully saturated rings. The van der Waals surface area contributed by atoms with E-state index in [1.165, 1.54) is 0 Å². The number of nitrogens with zero attached hydrogens (tertiary/aromatic N) is 3. The average molecular weight is 328 g/mol. The van der Waals surface area contributed by atoms with Crippen LogP contribution in [0.25, 0.3) is 5.69 Å². The van der Waals surface area contributed by atoms with Crippen LogP contribution in [0.2, 0.25) is 0 Å². The Kier molecular flexibility index (Phi) is 6.54. The minimum absolute atomic E-state index is 0.0347. The topological polar surface area (TPSA) is 68.5 Å². The van der Waals surface area contributed by atoms with E-state index in [9.17, 15) is 4.79 Å². The predicted molar refractivity (Wildman–Crippen MR) is 93.2 cm³/mol. The minimum Gasteiger partial charge on any atom is -0.478 e. The van der Waals surface area contributed by atoms with Crippen molar-refractivity contribution in [2.24, 2.45) is 4.99 Å². The van der Waals surface area contributed by atoms with Crippen molar-refractivity contribution in [2.45, 2.75) is 39.7 Å². The van der Waals surface area contributed by atoms with Crippen LogP contribution in [-0.4, -0.2) is 28.5 Å². The van der Waals surface area contributed by atoms with Gasteiger partial charge in [0.15, 0.2) is 0 Å². The summed E-state index contributed by atoms with van der Waals surface area (Å²) in [5.74, 6) is 0.563. The van der Waals surface area contributed by atoms with Crippen LogP contribution in [0.1, 0.15) is 33.6 Å². The maximum absolute atomic E-state index is 11.8. The number of hydrogen-bond donors (Lipinski definition) is 1. The summed E-state index contributed by atoms with van der Waals surface area (Å²) < 4.78 is 7.55. The molecule has 0 saturated carbocycles. The first-order chi connectivity index (χ1) is 11.6. The van der Waals surface area contributed by atoms with Crippen LogP contribution in [0.5, 0.6) is 5.88 Å². The van der Waals surface area contributed by atoms with Crippen molar-refractivity contribution >= 4 is 6.03 Å². The number of urea groups is 1. The first-order valence-electron chi connectivity index (χ1n) is 8.23. The SMILES string of the molecule is CCCCOc1c/c(=N/C(=O)NC(C)C)cnn1-c1ccccc1. The lowest BCUT2D eigenvalue weighted by Crippen LogP contribution is -2.29. The molecule has 24 heavy (non-hydrogen) atoms. The van der Waals surface area contributed by atoms with E-state index >= 15 is 0 Å². The van der Waals surface area contributed by atoms with E-state index in [4.69, 9.17) is 4.74 Å². The average Bonchev–Trinajstić information content (AvgIpc) is 2.55. The highest BCUT2D eigenvalue weighted by Gasteiger charge is 2.06. The number of ether oxygens (including phenoxy) is 1. The van der Waals surface area contributed by atoms with E-state index in [0.29, 0.717) is 17.8 Å². The Morgan fingerprint density at radius 3 is 2.75 bits per heavy atom. The van der Waals surface area contributed by atoms with E-state index in [1.54, 1.807) is 16.9 Å². The number of carbonyl (C=O) groups excluding carboxylic acids is 1. The molecule has 0 aliphatic rings. The molecular weight excluding hydrogens is 304 g/mol. The standard InChI is InChI=1S/C18H24N4O2/c1-4-5-11-24-17-12-15(21-18(23)20-14(2)3)13-19-22(17)16-9-7-6-8-10-16/h6-10,12-14H,4-5,11H2,1-3H3,(H,20,23)/b21-15-. The quantitative estimate of drug-likeness (QED) is 0.829. The van der Waals surface area contributed by atoms with Crippen molar-refractivity contribution in [1.29, 1.82) is 0 Å². The van der Waals surface area contributed by atoms with Crippen LogP contribution < -0.4 is 15.4 Å². The van der Waals surface area contributed by atoms with Crippen LogP contribution in [0, 0.1) is 0 Å². The zero-order chi connectivity index (χ0) is 17.4. The van der Waals surface area contributed by atoms with Crippen molar-refractivity contribution in [1.82, 2.24) is 15.1 Å². The third kappa shape index (κ3) is 5.22. The number of unbranched alkanes of at least 4 members (excludes halogenated alkanes) is 1. The van der Waals surface area contributed by atoms with Gasteiger partial charge in [-0.05, 0) is 32.4 Å².